The fourth-order valence-corrected chi connectivity index (χ4v) is 2.04. The van der Waals surface area contributed by atoms with Crippen molar-refractivity contribution in [2.24, 2.45) is 0 Å². The highest BCUT2D eigenvalue weighted by molar-refractivity contribution is 4.90. The molecule has 0 radical (unpaired) electrons. The van der Waals surface area contributed by atoms with E-state index in [2.05, 4.69) is 24.5 Å². The van der Waals surface area contributed by atoms with Gasteiger partial charge in [-0.1, -0.05) is 0 Å². The molecule has 4 heteroatoms. The third-order valence-corrected chi connectivity index (χ3v) is 3.32. The molecule has 2 saturated heterocycles. The molecular weight excluding hydrogens is 192 g/mol. The van der Waals surface area contributed by atoms with E-state index in [4.69, 9.17) is 9.47 Å². The number of nitrogens with one attached hydrogen (secondary N) is 2. The molecule has 0 aromatic carbocycles. The summed E-state index contributed by atoms with van der Waals surface area (Å²) in [4.78, 5) is 0. The van der Waals surface area contributed by atoms with Crippen molar-refractivity contribution < 1.29 is 9.47 Å². The quantitative estimate of drug-likeness (QED) is 0.639. The van der Waals surface area contributed by atoms with E-state index in [-0.39, 0.29) is 11.1 Å². The van der Waals surface area contributed by atoms with E-state index in [9.17, 15) is 0 Å². The fourth-order valence-electron chi connectivity index (χ4n) is 2.04. The molecule has 0 aromatic rings. The third kappa shape index (κ3) is 2.91. The smallest absolute Gasteiger partial charge is 0.0902 e. The van der Waals surface area contributed by atoms with Crippen LogP contribution >= 0.6 is 0 Å². The van der Waals surface area contributed by atoms with Gasteiger partial charge in [-0.25, -0.2) is 0 Å². The lowest BCUT2D eigenvalue weighted by molar-refractivity contribution is -0.0661. The van der Waals surface area contributed by atoms with Crippen molar-refractivity contribution >= 4 is 0 Å². The molecule has 0 amide bonds. The Labute approximate surface area is 91.7 Å². The maximum atomic E-state index is 5.80. The van der Waals surface area contributed by atoms with Crippen molar-refractivity contribution in [3.05, 3.63) is 0 Å². The molecule has 0 saturated carbocycles. The first-order valence-electron chi connectivity index (χ1n) is 5.80. The molecule has 2 heterocycles. The van der Waals surface area contributed by atoms with Gasteiger partial charge in [0.05, 0.1) is 18.8 Å². The molecule has 2 fully saturated rings. The lowest BCUT2D eigenvalue weighted by atomic mass is 10.00. The van der Waals surface area contributed by atoms with E-state index in [0.717, 1.165) is 45.9 Å². The molecule has 1 atom stereocenters. The highest BCUT2D eigenvalue weighted by atomic mass is 16.5. The first-order chi connectivity index (χ1) is 7.12. The molecule has 88 valence electrons. The minimum Gasteiger partial charge on any atom is -0.379 e. The van der Waals surface area contributed by atoms with Gasteiger partial charge in [0.25, 0.3) is 0 Å². The lowest BCUT2D eigenvalue weighted by Crippen LogP contribution is -2.59. The first kappa shape index (κ1) is 11.3. The van der Waals surface area contributed by atoms with Crippen LogP contribution in [0.15, 0.2) is 0 Å². The van der Waals surface area contributed by atoms with E-state index in [1.165, 1.54) is 0 Å². The average molecular weight is 214 g/mol. The summed E-state index contributed by atoms with van der Waals surface area (Å²) in [7, 11) is 0. The van der Waals surface area contributed by atoms with E-state index in [1.54, 1.807) is 0 Å². The normalized spacial score (nSPS) is 34.0. The predicted molar refractivity (Wildman–Crippen MR) is 59.1 cm³/mol. The molecular formula is C11H22N2O2. The van der Waals surface area contributed by atoms with Gasteiger partial charge in [-0.2, -0.15) is 0 Å². The largest absolute Gasteiger partial charge is 0.379 e. The standard InChI is InChI=1S/C11H22N2O2/c1-10(3-5-14-9-10)13-4-6-15-11(2)7-12-8-11/h12-13H,3-9H2,1-2H3. The van der Waals surface area contributed by atoms with Crippen molar-refractivity contribution in [3.63, 3.8) is 0 Å². The second-order valence-electron chi connectivity index (χ2n) is 5.19. The molecule has 2 N–H and O–H groups in total. The van der Waals surface area contributed by atoms with E-state index in [1.807, 2.05) is 0 Å². The summed E-state index contributed by atoms with van der Waals surface area (Å²) in [5.74, 6) is 0. The van der Waals surface area contributed by atoms with Gasteiger partial charge in [0.15, 0.2) is 0 Å². The molecule has 1 unspecified atom stereocenters. The predicted octanol–water partition coefficient (Wildman–Crippen LogP) is 0.134. The van der Waals surface area contributed by atoms with Crippen molar-refractivity contribution in [3.8, 4) is 0 Å². The van der Waals surface area contributed by atoms with Gasteiger partial charge in [0.2, 0.25) is 0 Å². The van der Waals surface area contributed by atoms with Crippen LogP contribution in [0, 0.1) is 0 Å². The molecule has 2 aliphatic rings. The zero-order valence-electron chi connectivity index (χ0n) is 9.77. The number of ether oxygens (including phenoxy) is 2. The van der Waals surface area contributed by atoms with Crippen LogP contribution in [0.5, 0.6) is 0 Å². The maximum Gasteiger partial charge on any atom is 0.0902 e. The Morgan fingerprint density at radius 1 is 1.40 bits per heavy atom. The molecule has 0 bridgehead atoms. The van der Waals surface area contributed by atoms with Gasteiger partial charge in [-0.15, -0.1) is 0 Å². The lowest BCUT2D eigenvalue weighted by Gasteiger charge is -2.39. The monoisotopic (exact) mass is 214 g/mol. The Morgan fingerprint density at radius 3 is 2.73 bits per heavy atom. The van der Waals surface area contributed by atoms with Crippen LogP contribution in [0.1, 0.15) is 20.3 Å². The zero-order valence-corrected chi connectivity index (χ0v) is 9.77. The molecule has 2 aliphatic heterocycles. The summed E-state index contributed by atoms with van der Waals surface area (Å²) >= 11 is 0. The second kappa shape index (κ2) is 4.37. The fraction of sp³-hybridized carbons (Fsp3) is 1.00. The van der Waals surface area contributed by atoms with Crippen LogP contribution in [0.4, 0.5) is 0 Å². The summed E-state index contributed by atoms with van der Waals surface area (Å²) < 4.78 is 11.2. The Kier molecular flexibility index (Phi) is 3.30. The van der Waals surface area contributed by atoms with Gasteiger partial charge in [0.1, 0.15) is 0 Å². The van der Waals surface area contributed by atoms with Crippen LogP contribution < -0.4 is 10.6 Å². The van der Waals surface area contributed by atoms with Gasteiger partial charge < -0.3 is 20.1 Å². The average Bonchev–Trinajstić information content (AvgIpc) is 2.58. The van der Waals surface area contributed by atoms with Crippen molar-refractivity contribution in [2.75, 3.05) is 39.5 Å². The summed E-state index contributed by atoms with van der Waals surface area (Å²) in [6.45, 7) is 9.73. The van der Waals surface area contributed by atoms with Crippen molar-refractivity contribution in [1.29, 1.82) is 0 Å². The number of hydrogen-bond acceptors (Lipinski definition) is 4. The SMILES string of the molecule is CC1(NCCOC2(C)CNC2)CCOC1. The van der Waals surface area contributed by atoms with Gasteiger partial charge in [-0.3, -0.25) is 0 Å². The van der Waals surface area contributed by atoms with E-state index in [0.29, 0.717) is 0 Å². The molecule has 15 heavy (non-hydrogen) atoms. The van der Waals surface area contributed by atoms with Gasteiger partial charge >= 0.3 is 0 Å². The van der Waals surface area contributed by atoms with Crippen LogP contribution in [0.2, 0.25) is 0 Å². The minimum atomic E-state index is 0.0781. The minimum absolute atomic E-state index is 0.0781. The van der Waals surface area contributed by atoms with Crippen LogP contribution in [0.3, 0.4) is 0 Å². The molecule has 0 aliphatic carbocycles. The van der Waals surface area contributed by atoms with Crippen molar-refractivity contribution in [1.82, 2.24) is 10.6 Å². The molecule has 4 nitrogen and oxygen atoms in total. The molecule has 2 rings (SSSR count). The van der Waals surface area contributed by atoms with E-state index < -0.39 is 0 Å². The number of hydrogen-bond donors (Lipinski definition) is 2. The van der Waals surface area contributed by atoms with Gasteiger partial charge in [-0.05, 0) is 20.3 Å². The summed E-state index contributed by atoms with van der Waals surface area (Å²) in [6.07, 6.45) is 1.10. The second-order valence-corrected chi connectivity index (χ2v) is 5.19. The Hall–Kier alpha value is -0.160. The van der Waals surface area contributed by atoms with Crippen molar-refractivity contribution in [2.45, 2.75) is 31.4 Å². The molecule has 0 aromatic heterocycles. The topological polar surface area (TPSA) is 42.5 Å². The van der Waals surface area contributed by atoms with Crippen LogP contribution in [-0.2, 0) is 9.47 Å². The van der Waals surface area contributed by atoms with E-state index >= 15 is 0 Å². The Bertz CT molecular complexity index is 211. The highest BCUT2D eigenvalue weighted by Gasteiger charge is 2.33. The maximum absolute atomic E-state index is 5.80. The van der Waals surface area contributed by atoms with Gasteiger partial charge in [0, 0.05) is 31.8 Å². The Balaban J connectivity index is 1.58. The zero-order chi connectivity index (χ0) is 10.8. The summed E-state index contributed by atoms with van der Waals surface area (Å²) in [6, 6.07) is 0. The summed E-state index contributed by atoms with van der Waals surface area (Å²) in [5, 5.41) is 6.73. The third-order valence-electron chi connectivity index (χ3n) is 3.32. The van der Waals surface area contributed by atoms with Crippen LogP contribution in [0.25, 0.3) is 0 Å². The van der Waals surface area contributed by atoms with Crippen LogP contribution in [-0.4, -0.2) is 50.6 Å². The Morgan fingerprint density at radius 2 is 2.20 bits per heavy atom. The first-order valence-corrected chi connectivity index (χ1v) is 5.80. The number of rotatable bonds is 5. The summed E-state index contributed by atoms with van der Waals surface area (Å²) in [5.41, 5.74) is 0.247. The molecule has 0 spiro atoms. The highest BCUT2D eigenvalue weighted by Crippen LogP contribution is 2.18.